The Morgan fingerprint density at radius 3 is 2.38 bits per heavy atom. The number of hydrogen-bond acceptors (Lipinski definition) is 10. The molecule has 0 bridgehead atoms. The second-order valence-corrected chi connectivity index (χ2v) is 9.52. The highest BCUT2D eigenvalue weighted by molar-refractivity contribution is 6.24. The first-order valence-electron chi connectivity index (χ1n) is 13.1. The lowest BCUT2D eigenvalue weighted by atomic mass is 10.0. The monoisotopic (exact) mass is 563 g/mol. The molecule has 1 aromatic carbocycles. The number of piperidine rings is 1. The van der Waals surface area contributed by atoms with Crippen LogP contribution in [-0.2, 0) is 33.4 Å². The number of hydrogen-bond donors (Lipinski definition) is 2. The second-order valence-electron chi connectivity index (χ2n) is 9.52. The third-order valence-corrected chi connectivity index (χ3v) is 5.37. The van der Waals surface area contributed by atoms with E-state index in [1.54, 1.807) is 20.8 Å². The van der Waals surface area contributed by atoms with Crippen molar-refractivity contribution in [2.24, 2.45) is 0 Å². The van der Waals surface area contributed by atoms with Gasteiger partial charge in [-0.1, -0.05) is 19.9 Å². The number of carbonyl (C=O) groups excluding carboxylic acids is 6. The van der Waals surface area contributed by atoms with Crippen LogP contribution in [0.25, 0.3) is 0 Å². The van der Waals surface area contributed by atoms with E-state index in [4.69, 9.17) is 18.9 Å². The molecule has 2 aliphatic rings. The highest BCUT2D eigenvalue weighted by Crippen LogP contribution is 2.33. The molecule has 0 saturated carbocycles. The third kappa shape index (κ3) is 9.12. The molecule has 5 amide bonds. The zero-order chi connectivity index (χ0) is 29.9. The van der Waals surface area contributed by atoms with Crippen LogP contribution in [0.2, 0.25) is 0 Å². The molecule has 1 atom stereocenters. The molecule has 2 aliphatic heterocycles. The predicted octanol–water partition coefficient (Wildman–Crippen LogP) is 0.984. The standard InChI is InChI=1S/C25H31N3O10.C2H6/c1-25(2,3)38-20(31)14-36-12-11-35-10-9-26-19(30)13-37-17-6-4-5-15-21(17)24(34)28(23(15)33)16-7-8-18(29)27-22(16)32;1-2/h4-6,16H,7-14H2,1-3H3,(H,26,30)(H,27,29,32);1-2H3. The maximum atomic E-state index is 13.0. The topological polar surface area (TPSA) is 167 Å². The molecule has 1 unspecified atom stereocenters. The summed E-state index contributed by atoms with van der Waals surface area (Å²) in [6.07, 6.45) is 0.0445. The molecular formula is C27H37N3O10. The van der Waals surface area contributed by atoms with Gasteiger partial charge in [0.15, 0.2) is 6.61 Å². The van der Waals surface area contributed by atoms with Crippen molar-refractivity contribution in [1.82, 2.24) is 15.5 Å². The van der Waals surface area contributed by atoms with Gasteiger partial charge in [-0.15, -0.1) is 0 Å². The van der Waals surface area contributed by atoms with Gasteiger partial charge < -0.3 is 24.3 Å². The summed E-state index contributed by atoms with van der Waals surface area (Å²) in [5, 5.41) is 4.73. The molecule has 1 saturated heterocycles. The van der Waals surface area contributed by atoms with Crippen molar-refractivity contribution >= 4 is 35.5 Å². The molecular weight excluding hydrogens is 526 g/mol. The number of amides is 5. The maximum absolute atomic E-state index is 13.0. The van der Waals surface area contributed by atoms with Crippen molar-refractivity contribution < 1.29 is 47.7 Å². The molecule has 3 rings (SSSR count). The molecule has 0 aromatic heterocycles. The summed E-state index contributed by atoms with van der Waals surface area (Å²) in [7, 11) is 0. The van der Waals surface area contributed by atoms with Crippen molar-refractivity contribution in [2.45, 2.75) is 59.1 Å². The van der Waals surface area contributed by atoms with Crippen LogP contribution in [0.15, 0.2) is 18.2 Å². The van der Waals surface area contributed by atoms with Crippen molar-refractivity contribution in [2.75, 3.05) is 39.6 Å². The average Bonchev–Trinajstić information content (AvgIpc) is 3.14. The van der Waals surface area contributed by atoms with Gasteiger partial charge in [0.05, 0.1) is 30.9 Å². The van der Waals surface area contributed by atoms with E-state index in [9.17, 15) is 28.8 Å². The highest BCUT2D eigenvalue weighted by atomic mass is 16.6. The van der Waals surface area contributed by atoms with Crippen molar-refractivity contribution in [3.8, 4) is 5.75 Å². The van der Waals surface area contributed by atoms with Crippen LogP contribution in [0.3, 0.4) is 0 Å². The van der Waals surface area contributed by atoms with Crippen LogP contribution in [0.5, 0.6) is 5.75 Å². The van der Waals surface area contributed by atoms with Gasteiger partial charge in [-0.2, -0.15) is 0 Å². The number of ether oxygens (including phenoxy) is 4. The van der Waals surface area contributed by atoms with Crippen molar-refractivity contribution in [1.29, 1.82) is 0 Å². The molecule has 13 nitrogen and oxygen atoms in total. The summed E-state index contributed by atoms with van der Waals surface area (Å²) >= 11 is 0. The van der Waals surface area contributed by atoms with Crippen molar-refractivity contribution in [3.05, 3.63) is 29.3 Å². The van der Waals surface area contributed by atoms with Gasteiger partial charge in [0.2, 0.25) is 11.8 Å². The molecule has 13 heteroatoms. The molecule has 1 fully saturated rings. The van der Waals surface area contributed by atoms with Crippen LogP contribution in [-0.4, -0.2) is 91.6 Å². The fourth-order valence-electron chi connectivity index (χ4n) is 3.81. The van der Waals surface area contributed by atoms with Gasteiger partial charge in [-0.3, -0.25) is 34.2 Å². The summed E-state index contributed by atoms with van der Waals surface area (Å²) in [4.78, 5) is 74.0. The normalized spacial score (nSPS) is 16.5. The molecule has 2 heterocycles. The molecule has 0 spiro atoms. The first-order valence-corrected chi connectivity index (χ1v) is 13.1. The van der Waals surface area contributed by atoms with Gasteiger partial charge in [0.25, 0.3) is 17.7 Å². The molecule has 0 radical (unpaired) electrons. The van der Waals surface area contributed by atoms with Crippen LogP contribution in [0.4, 0.5) is 0 Å². The minimum atomic E-state index is -1.10. The number of nitrogens with one attached hydrogen (secondary N) is 2. The Morgan fingerprint density at radius 1 is 1.00 bits per heavy atom. The molecule has 220 valence electrons. The van der Waals surface area contributed by atoms with Crippen LogP contribution in [0, 0.1) is 0 Å². The van der Waals surface area contributed by atoms with E-state index < -0.39 is 53.8 Å². The minimum absolute atomic E-state index is 0.0101. The number of nitrogens with zero attached hydrogens (tertiary/aromatic N) is 1. The Morgan fingerprint density at radius 2 is 1.70 bits per heavy atom. The SMILES string of the molecule is CC.CC(C)(C)OC(=O)COCCOCCNC(=O)COc1cccc2c1C(=O)N(C1CCC(=O)NC1=O)C2=O. The lowest BCUT2D eigenvalue weighted by molar-refractivity contribution is -0.160. The molecule has 40 heavy (non-hydrogen) atoms. The molecule has 1 aromatic rings. The number of benzene rings is 1. The number of imide groups is 2. The summed E-state index contributed by atoms with van der Waals surface area (Å²) in [6.45, 7) is 9.45. The lowest BCUT2D eigenvalue weighted by Gasteiger charge is -2.27. The van der Waals surface area contributed by atoms with Crippen LogP contribution < -0.4 is 15.4 Å². The Bertz CT molecular complexity index is 1110. The smallest absolute Gasteiger partial charge is 0.332 e. The Kier molecular flexibility index (Phi) is 12.2. The third-order valence-electron chi connectivity index (χ3n) is 5.37. The van der Waals surface area contributed by atoms with Gasteiger partial charge in [0, 0.05) is 13.0 Å². The average molecular weight is 564 g/mol. The van der Waals surface area contributed by atoms with E-state index in [1.807, 2.05) is 13.8 Å². The van der Waals surface area contributed by atoms with E-state index in [1.165, 1.54) is 18.2 Å². The number of fused-ring (bicyclic) bond motifs is 1. The highest BCUT2D eigenvalue weighted by Gasteiger charge is 2.46. The fraction of sp³-hybridized carbons (Fsp3) is 0.556. The molecule has 2 N–H and O–H groups in total. The fourth-order valence-corrected chi connectivity index (χ4v) is 3.81. The van der Waals surface area contributed by atoms with Gasteiger partial charge in [0.1, 0.15) is 24.0 Å². The van der Waals surface area contributed by atoms with E-state index in [0.717, 1.165) is 4.90 Å². The largest absolute Gasteiger partial charge is 0.483 e. The van der Waals surface area contributed by atoms with E-state index >= 15 is 0 Å². The maximum Gasteiger partial charge on any atom is 0.332 e. The summed E-state index contributed by atoms with van der Waals surface area (Å²) in [6, 6.07) is 3.29. The van der Waals surface area contributed by atoms with E-state index in [0.29, 0.717) is 0 Å². The number of rotatable bonds is 12. The first-order chi connectivity index (χ1) is 19.0. The zero-order valence-corrected chi connectivity index (χ0v) is 23.5. The summed E-state index contributed by atoms with van der Waals surface area (Å²) < 4.78 is 21.1. The summed E-state index contributed by atoms with van der Waals surface area (Å²) in [5.41, 5.74) is -0.563. The van der Waals surface area contributed by atoms with Gasteiger partial charge in [-0.25, -0.2) is 4.79 Å². The first kappa shape index (κ1) is 32.4. The summed E-state index contributed by atoms with van der Waals surface area (Å²) in [5.74, 6) is -3.48. The Balaban J connectivity index is 0.00000274. The molecule has 0 aliphatic carbocycles. The Labute approximate surface area is 232 Å². The quantitative estimate of drug-likeness (QED) is 0.213. The predicted molar refractivity (Wildman–Crippen MR) is 140 cm³/mol. The van der Waals surface area contributed by atoms with Gasteiger partial charge >= 0.3 is 5.97 Å². The van der Waals surface area contributed by atoms with Crippen LogP contribution in [0.1, 0.15) is 68.2 Å². The van der Waals surface area contributed by atoms with Gasteiger partial charge in [-0.05, 0) is 39.3 Å². The number of esters is 1. The number of carbonyl (C=O) groups is 6. The lowest BCUT2D eigenvalue weighted by Crippen LogP contribution is -2.54. The van der Waals surface area contributed by atoms with Crippen LogP contribution >= 0.6 is 0 Å². The van der Waals surface area contributed by atoms with E-state index in [-0.39, 0.29) is 62.7 Å². The second kappa shape index (κ2) is 15.1. The van der Waals surface area contributed by atoms with Crippen molar-refractivity contribution in [3.63, 3.8) is 0 Å². The minimum Gasteiger partial charge on any atom is -0.483 e. The zero-order valence-electron chi connectivity index (χ0n) is 23.5. The Hall–Kier alpha value is -3.84. The van der Waals surface area contributed by atoms with E-state index in [2.05, 4.69) is 10.6 Å².